The Bertz CT molecular complexity index is 826. The van der Waals surface area contributed by atoms with E-state index in [1.807, 2.05) is 36.4 Å². The molecule has 0 radical (unpaired) electrons. The monoisotopic (exact) mass is 323 g/mol. The lowest BCUT2D eigenvalue weighted by Gasteiger charge is -2.11. The summed E-state index contributed by atoms with van der Waals surface area (Å²) in [6.07, 6.45) is 2.94. The van der Waals surface area contributed by atoms with Crippen molar-refractivity contribution in [1.82, 2.24) is 9.88 Å². The molecule has 5 heteroatoms. The fourth-order valence-corrected chi connectivity index (χ4v) is 2.70. The number of ether oxygens (including phenoxy) is 1. The highest BCUT2D eigenvalue weighted by Crippen LogP contribution is 2.22. The molecule has 5 nitrogen and oxygen atoms in total. The molecule has 0 saturated heterocycles. The van der Waals surface area contributed by atoms with Gasteiger partial charge in [0.2, 0.25) is 0 Å². The number of nitrogens with zero attached hydrogens (tertiary/aromatic N) is 1. The topological polar surface area (TPSA) is 55.3 Å². The zero-order valence-electron chi connectivity index (χ0n) is 13.7. The number of methoxy groups -OCH3 is 1. The van der Waals surface area contributed by atoms with Crippen molar-refractivity contribution in [2.75, 3.05) is 19.0 Å². The Morgan fingerprint density at radius 3 is 2.75 bits per heavy atom. The Balaban J connectivity index is 1.47. The molecule has 124 valence electrons. The smallest absolute Gasteiger partial charge is 0.319 e. The molecule has 0 aliphatic heterocycles. The van der Waals surface area contributed by atoms with Crippen LogP contribution in [0.1, 0.15) is 6.42 Å². The first kappa shape index (κ1) is 15.9. The number of para-hydroxylation sites is 3. The Kier molecular flexibility index (Phi) is 5.01. The molecule has 2 aromatic carbocycles. The van der Waals surface area contributed by atoms with Gasteiger partial charge in [0, 0.05) is 24.8 Å². The summed E-state index contributed by atoms with van der Waals surface area (Å²) in [5.74, 6) is 0.645. The van der Waals surface area contributed by atoms with Crippen molar-refractivity contribution in [3.63, 3.8) is 0 Å². The van der Waals surface area contributed by atoms with E-state index in [0.717, 1.165) is 13.0 Å². The minimum atomic E-state index is -0.225. The van der Waals surface area contributed by atoms with Crippen LogP contribution in [0.3, 0.4) is 0 Å². The second kappa shape index (κ2) is 7.55. The summed E-state index contributed by atoms with van der Waals surface area (Å²) in [6.45, 7) is 1.47. The van der Waals surface area contributed by atoms with Gasteiger partial charge in [-0.05, 0) is 36.1 Å². The van der Waals surface area contributed by atoms with Crippen LogP contribution in [0.15, 0.2) is 60.8 Å². The number of aromatic nitrogens is 1. The van der Waals surface area contributed by atoms with E-state index >= 15 is 0 Å². The van der Waals surface area contributed by atoms with Crippen LogP contribution in [-0.2, 0) is 6.54 Å². The standard InChI is InChI=1S/C19H21N3O2/c1-24-18-10-5-3-8-16(18)21-19(23)20-12-6-13-22-14-11-15-7-2-4-9-17(15)22/h2-5,7-11,14H,6,12-13H2,1H3,(H2,20,21,23). The van der Waals surface area contributed by atoms with Crippen molar-refractivity contribution in [2.24, 2.45) is 0 Å². The lowest BCUT2D eigenvalue weighted by molar-refractivity contribution is 0.251. The zero-order chi connectivity index (χ0) is 16.8. The molecule has 24 heavy (non-hydrogen) atoms. The van der Waals surface area contributed by atoms with Crippen LogP contribution in [-0.4, -0.2) is 24.3 Å². The lowest BCUT2D eigenvalue weighted by Crippen LogP contribution is -2.30. The molecule has 0 fully saturated rings. The summed E-state index contributed by atoms with van der Waals surface area (Å²) in [4.78, 5) is 12.0. The molecule has 0 unspecified atom stereocenters. The van der Waals surface area contributed by atoms with Crippen LogP contribution in [0.4, 0.5) is 10.5 Å². The van der Waals surface area contributed by atoms with Gasteiger partial charge in [0.25, 0.3) is 0 Å². The van der Waals surface area contributed by atoms with Gasteiger partial charge in [-0.3, -0.25) is 0 Å². The van der Waals surface area contributed by atoms with Crippen molar-refractivity contribution in [3.8, 4) is 5.75 Å². The molecule has 0 bridgehead atoms. The maximum Gasteiger partial charge on any atom is 0.319 e. The van der Waals surface area contributed by atoms with Crippen LogP contribution in [0.25, 0.3) is 10.9 Å². The van der Waals surface area contributed by atoms with Gasteiger partial charge in [0.1, 0.15) is 5.75 Å². The van der Waals surface area contributed by atoms with Crippen molar-refractivity contribution >= 4 is 22.6 Å². The average Bonchev–Trinajstić information content (AvgIpc) is 3.02. The molecule has 0 aliphatic carbocycles. The number of fused-ring (bicyclic) bond motifs is 1. The molecular formula is C19H21N3O2. The van der Waals surface area contributed by atoms with Crippen molar-refractivity contribution < 1.29 is 9.53 Å². The van der Waals surface area contributed by atoms with Crippen LogP contribution in [0, 0.1) is 0 Å². The van der Waals surface area contributed by atoms with Gasteiger partial charge in [-0.15, -0.1) is 0 Å². The Hall–Kier alpha value is -2.95. The zero-order valence-corrected chi connectivity index (χ0v) is 13.7. The molecule has 2 N–H and O–H groups in total. The number of carbonyl (C=O) groups is 1. The number of hydrogen-bond acceptors (Lipinski definition) is 2. The third-order valence-corrected chi connectivity index (χ3v) is 3.90. The van der Waals surface area contributed by atoms with E-state index < -0.39 is 0 Å². The summed E-state index contributed by atoms with van der Waals surface area (Å²) in [5.41, 5.74) is 1.88. The summed E-state index contributed by atoms with van der Waals surface area (Å²) in [6, 6.07) is 17.5. The van der Waals surface area contributed by atoms with E-state index in [1.54, 1.807) is 7.11 Å². The van der Waals surface area contributed by atoms with Gasteiger partial charge < -0.3 is 19.9 Å². The predicted octanol–water partition coefficient (Wildman–Crippen LogP) is 3.86. The SMILES string of the molecule is COc1ccccc1NC(=O)NCCCn1ccc2ccccc21. The molecular weight excluding hydrogens is 302 g/mol. The first-order valence-electron chi connectivity index (χ1n) is 7.99. The number of hydrogen-bond donors (Lipinski definition) is 2. The summed E-state index contributed by atoms with van der Waals surface area (Å²) in [7, 11) is 1.58. The minimum absolute atomic E-state index is 0.225. The van der Waals surface area contributed by atoms with E-state index in [4.69, 9.17) is 4.74 Å². The maximum absolute atomic E-state index is 12.0. The van der Waals surface area contributed by atoms with Crippen LogP contribution in [0.5, 0.6) is 5.75 Å². The number of carbonyl (C=O) groups excluding carboxylic acids is 1. The molecule has 0 saturated carbocycles. The highest BCUT2D eigenvalue weighted by atomic mass is 16.5. The van der Waals surface area contributed by atoms with Crippen molar-refractivity contribution in [2.45, 2.75) is 13.0 Å². The van der Waals surface area contributed by atoms with Gasteiger partial charge in [0.15, 0.2) is 0 Å². The van der Waals surface area contributed by atoms with Gasteiger partial charge in [0.05, 0.1) is 12.8 Å². The Labute approximate surface area is 141 Å². The van der Waals surface area contributed by atoms with E-state index in [1.165, 1.54) is 10.9 Å². The van der Waals surface area contributed by atoms with E-state index in [0.29, 0.717) is 18.0 Å². The maximum atomic E-state index is 12.0. The van der Waals surface area contributed by atoms with Crippen LogP contribution >= 0.6 is 0 Å². The van der Waals surface area contributed by atoms with Gasteiger partial charge in [-0.25, -0.2) is 4.79 Å². The van der Waals surface area contributed by atoms with Crippen LogP contribution in [0.2, 0.25) is 0 Å². The predicted molar refractivity (Wildman–Crippen MR) is 96.6 cm³/mol. The van der Waals surface area contributed by atoms with Gasteiger partial charge in [-0.1, -0.05) is 30.3 Å². The number of rotatable bonds is 6. The molecule has 0 atom stereocenters. The first-order chi connectivity index (χ1) is 11.8. The van der Waals surface area contributed by atoms with Crippen molar-refractivity contribution in [1.29, 1.82) is 0 Å². The number of nitrogens with one attached hydrogen (secondary N) is 2. The number of aryl methyl sites for hydroxylation is 1. The third-order valence-electron chi connectivity index (χ3n) is 3.90. The van der Waals surface area contributed by atoms with Crippen LogP contribution < -0.4 is 15.4 Å². The summed E-state index contributed by atoms with van der Waals surface area (Å²) >= 11 is 0. The fraction of sp³-hybridized carbons (Fsp3) is 0.211. The highest BCUT2D eigenvalue weighted by molar-refractivity contribution is 5.90. The fourth-order valence-electron chi connectivity index (χ4n) is 2.70. The highest BCUT2D eigenvalue weighted by Gasteiger charge is 2.06. The van der Waals surface area contributed by atoms with E-state index in [2.05, 4.69) is 39.6 Å². The third kappa shape index (κ3) is 3.68. The van der Waals surface area contributed by atoms with Gasteiger partial charge >= 0.3 is 6.03 Å². The molecule has 1 aromatic heterocycles. The molecule has 0 aliphatic rings. The normalized spacial score (nSPS) is 10.5. The molecule has 0 spiro atoms. The Morgan fingerprint density at radius 2 is 1.88 bits per heavy atom. The Morgan fingerprint density at radius 1 is 1.08 bits per heavy atom. The molecule has 3 rings (SSSR count). The second-order valence-electron chi connectivity index (χ2n) is 5.50. The number of urea groups is 1. The lowest BCUT2D eigenvalue weighted by atomic mass is 10.2. The molecule has 2 amide bonds. The largest absolute Gasteiger partial charge is 0.495 e. The van der Waals surface area contributed by atoms with E-state index in [9.17, 15) is 4.79 Å². The number of amides is 2. The average molecular weight is 323 g/mol. The molecule has 1 heterocycles. The number of benzene rings is 2. The number of anilines is 1. The summed E-state index contributed by atoms with van der Waals surface area (Å²) in [5, 5.41) is 6.91. The van der Waals surface area contributed by atoms with E-state index in [-0.39, 0.29) is 6.03 Å². The van der Waals surface area contributed by atoms with Gasteiger partial charge in [-0.2, -0.15) is 0 Å². The summed E-state index contributed by atoms with van der Waals surface area (Å²) < 4.78 is 7.42. The quantitative estimate of drug-likeness (QED) is 0.677. The minimum Gasteiger partial charge on any atom is -0.495 e. The first-order valence-corrected chi connectivity index (χ1v) is 7.99. The molecule has 3 aromatic rings. The van der Waals surface area contributed by atoms with Crippen molar-refractivity contribution in [3.05, 3.63) is 60.8 Å². The second-order valence-corrected chi connectivity index (χ2v) is 5.50.